The highest BCUT2D eigenvalue weighted by atomic mass is 32.1. The molecule has 130 valence electrons. The molecule has 25 heavy (non-hydrogen) atoms. The summed E-state index contributed by atoms with van der Waals surface area (Å²) in [4.78, 5) is 0. The van der Waals surface area contributed by atoms with E-state index in [1.807, 2.05) is 36.4 Å². The first-order valence-corrected chi connectivity index (χ1v) is 8.60. The van der Waals surface area contributed by atoms with Crippen LogP contribution in [0.2, 0.25) is 0 Å². The summed E-state index contributed by atoms with van der Waals surface area (Å²) in [7, 11) is 0. The lowest BCUT2D eigenvalue weighted by Gasteiger charge is -2.18. The highest BCUT2D eigenvalue weighted by molar-refractivity contribution is 7.15. The fourth-order valence-corrected chi connectivity index (χ4v) is 3.27. The standard InChI is InChI=1S/C18H16F3N3S/c19-18(20,21)16-23-24-17(25-16)22-12-11-15(13-7-3-1-4-8-13)14-9-5-2-6-10-14/h1-10,15H,11-12H2,(H,22,24). The second kappa shape index (κ2) is 7.65. The summed E-state index contributed by atoms with van der Waals surface area (Å²) in [6.07, 6.45) is -3.72. The number of nitrogens with zero attached hydrogens (tertiary/aromatic N) is 2. The lowest BCUT2D eigenvalue weighted by Crippen LogP contribution is -2.09. The first-order chi connectivity index (χ1) is 12.0. The minimum absolute atomic E-state index is 0.157. The summed E-state index contributed by atoms with van der Waals surface area (Å²) in [5.41, 5.74) is 2.34. The highest BCUT2D eigenvalue weighted by Crippen LogP contribution is 2.33. The molecule has 0 radical (unpaired) electrons. The van der Waals surface area contributed by atoms with Gasteiger partial charge in [0.25, 0.3) is 0 Å². The molecule has 0 amide bonds. The van der Waals surface area contributed by atoms with Crippen molar-refractivity contribution in [3.05, 3.63) is 76.8 Å². The zero-order valence-electron chi connectivity index (χ0n) is 13.2. The smallest absolute Gasteiger partial charge is 0.360 e. The van der Waals surface area contributed by atoms with Crippen LogP contribution in [-0.4, -0.2) is 16.7 Å². The summed E-state index contributed by atoms with van der Waals surface area (Å²) >= 11 is 0.525. The van der Waals surface area contributed by atoms with Gasteiger partial charge in [0.1, 0.15) is 0 Å². The van der Waals surface area contributed by atoms with Gasteiger partial charge in [-0.15, -0.1) is 10.2 Å². The second-order valence-electron chi connectivity index (χ2n) is 5.50. The van der Waals surface area contributed by atoms with E-state index in [0.29, 0.717) is 17.9 Å². The van der Waals surface area contributed by atoms with E-state index in [9.17, 15) is 13.2 Å². The Kier molecular flexibility index (Phi) is 5.33. The van der Waals surface area contributed by atoms with Gasteiger partial charge in [0.15, 0.2) is 0 Å². The number of nitrogens with one attached hydrogen (secondary N) is 1. The number of hydrogen-bond acceptors (Lipinski definition) is 4. The maximum absolute atomic E-state index is 12.6. The Bertz CT molecular complexity index is 749. The number of halogens is 3. The number of anilines is 1. The van der Waals surface area contributed by atoms with Crippen LogP contribution in [0, 0.1) is 0 Å². The van der Waals surface area contributed by atoms with Gasteiger partial charge in [-0.1, -0.05) is 72.0 Å². The maximum Gasteiger partial charge on any atom is 0.445 e. The zero-order valence-corrected chi connectivity index (χ0v) is 14.0. The van der Waals surface area contributed by atoms with Crippen molar-refractivity contribution in [1.82, 2.24) is 10.2 Å². The van der Waals surface area contributed by atoms with Crippen molar-refractivity contribution in [3.8, 4) is 0 Å². The SMILES string of the molecule is FC(F)(F)c1nnc(NCCC(c2ccccc2)c2ccccc2)s1. The van der Waals surface area contributed by atoms with Gasteiger partial charge in [-0.05, 0) is 17.5 Å². The molecule has 3 aromatic rings. The first kappa shape index (κ1) is 17.4. The monoisotopic (exact) mass is 363 g/mol. The predicted octanol–water partition coefficient (Wildman–Crippen LogP) is 5.19. The first-order valence-electron chi connectivity index (χ1n) is 7.78. The number of alkyl halides is 3. The van der Waals surface area contributed by atoms with Gasteiger partial charge < -0.3 is 5.32 Å². The molecule has 1 aromatic heterocycles. The van der Waals surface area contributed by atoms with Gasteiger partial charge >= 0.3 is 6.18 Å². The Morgan fingerprint density at radius 2 is 1.44 bits per heavy atom. The fourth-order valence-electron chi connectivity index (χ4n) is 2.63. The molecule has 0 spiro atoms. The van der Waals surface area contributed by atoms with Crippen LogP contribution in [0.1, 0.15) is 28.5 Å². The van der Waals surface area contributed by atoms with E-state index in [1.165, 1.54) is 11.1 Å². The molecule has 0 aliphatic heterocycles. The Labute approximate surface area is 147 Å². The molecule has 1 heterocycles. The maximum atomic E-state index is 12.6. The fraction of sp³-hybridized carbons (Fsp3) is 0.222. The summed E-state index contributed by atoms with van der Waals surface area (Å²) in [6, 6.07) is 20.1. The number of benzene rings is 2. The number of rotatable bonds is 6. The number of aromatic nitrogens is 2. The third-order valence-corrected chi connectivity index (χ3v) is 4.71. The molecule has 0 fully saturated rings. The minimum atomic E-state index is -4.45. The van der Waals surface area contributed by atoms with Crippen LogP contribution in [0.25, 0.3) is 0 Å². The third-order valence-electron chi connectivity index (χ3n) is 3.78. The summed E-state index contributed by atoms with van der Waals surface area (Å²) in [5.74, 6) is 0.157. The zero-order chi connectivity index (χ0) is 17.7. The Balaban J connectivity index is 1.68. The molecule has 0 aliphatic carbocycles. The van der Waals surface area contributed by atoms with Gasteiger partial charge in [-0.25, -0.2) is 0 Å². The van der Waals surface area contributed by atoms with Crippen LogP contribution in [0.5, 0.6) is 0 Å². The molecular weight excluding hydrogens is 347 g/mol. The van der Waals surface area contributed by atoms with E-state index in [0.717, 1.165) is 6.42 Å². The molecule has 3 rings (SSSR count). The van der Waals surface area contributed by atoms with Crippen LogP contribution >= 0.6 is 11.3 Å². The number of hydrogen-bond donors (Lipinski definition) is 1. The largest absolute Gasteiger partial charge is 0.445 e. The van der Waals surface area contributed by atoms with Crippen molar-refractivity contribution in [2.24, 2.45) is 0 Å². The average molecular weight is 363 g/mol. The lowest BCUT2D eigenvalue weighted by molar-refractivity contribution is -0.138. The average Bonchev–Trinajstić information content (AvgIpc) is 3.10. The summed E-state index contributed by atoms with van der Waals surface area (Å²) < 4.78 is 37.7. The molecule has 0 saturated carbocycles. The highest BCUT2D eigenvalue weighted by Gasteiger charge is 2.35. The molecular formula is C18H16F3N3S. The van der Waals surface area contributed by atoms with Gasteiger partial charge in [0.2, 0.25) is 10.1 Å². The van der Waals surface area contributed by atoms with Crippen LogP contribution in [-0.2, 0) is 6.18 Å². The Morgan fingerprint density at radius 1 is 0.880 bits per heavy atom. The van der Waals surface area contributed by atoms with Gasteiger partial charge in [-0.3, -0.25) is 0 Å². The summed E-state index contributed by atoms with van der Waals surface area (Å²) in [5, 5.41) is 8.95. The van der Waals surface area contributed by atoms with Gasteiger partial charge in [-0.2, -0.15) is 13.2 Å². The van der Waals surface area contributed by atoms with E-state index in [1.54, 1.807) is 0 Å². The molecule has 2 aromatic carbocycles. The molecule has 0 atom stereocenters. The van der Waals surface area contributed by atoms with Crippen LogP contribution in [0.4, 0.5) is 18.3 Å². The molecule has 0 saturated heterocycles. The van der Waals surface area contributed by atoms with E-state index in [4.69, 9.17) is 0 Å². The van der Waals surface area contributed by atoms with Crippen molar-refractivity contribution in [2.45, 2.75) is 18.5 Å². The molecule has 0 bridgehead atoms. The molecule has 3 nitrogen and oxygen atoms in total. The Morgan fingerprint density at radius 3 is 1.92 bits per heavy atom. The normalized spacial score (nSPS) is 11.7. The van der Waals surface area contributed by atoms with Crippen LogP contribution < -0.4 is 5.32 Å². The molecule has 1 N–H and O–H groups in total. The van der Waals surface area contributed by atoms with Crippen molar-refractivity contribution in [1.29, 1.82) is 0 Å². The van der Waals surface area contributed by atoms with Crippen molar-refractivity contribution < 1.29 is 13.2 Å². The van der Waals surface area contributed by atoms with Gasteiger partial charge in [0.05, 0.1) is 0 Å². The van der Waals surface area contributed by atoms with Crippen LogP contribution in [0.15, 0.2) is 60.7 Å². The summed E-state index contributed by atoms with van der Waals surface area (Å²) in [6.45, 7) is 0.501. The van der Waals surface area contributed by atoms with Crippen molar-refractivity contribution in [3.63, 3.8) is 0 Å². The molecule has 7 heteroatoms. The topological polar surface area (TPSA) is 37.8 Å². The second-order valence-corrected chi connectivity index (χ2v) is 6.48. The molecule has 0 aliphatic rings. The van der Waals surface area contributed by atoms with E-state index in [-0.39, 0.29) is 11.0 Å². The van der Waals surface area contributed by atoms with Crippen molar-refractivity contribution in [2.75, 3.05) is 11.9 Å². The van der Waals surface area contributed by atoms with E-state index < -0.39 is 11.2 Å². The quantitative estimate of drug-likeness (QED) is 0.655. The third kappa shape index (κ3) is 4.57. The van der Waals surface area contributed by atoms with Crippen molar-refractivity contribution >= 4 is 16.5 Å². The minimum Gasteiger partial charge on any atom is -0.360 e. The van der Waals surface area contributed by atoms with Crippen LogP contribution in [0.3, 0.4) is 0 Å². The van der Waals surface area contributed by atoms with E-state index >= 15 is 0 Å². The van der Waals surface area contributed by atoms with Gasteiger partial charge in [0, 0.05) is 12.5 Å². The predicted molar refractivity (Wildman–Crippen MR) is 92.7 cm³/mol. The van der Waals surface area contributed by atoms with E-state index in [2.05, 4.69) is 39.8 Å². The lowest BCUT2D eigenvalue weighted by atomic mass is 9.88. The Hall–Kier alpha value is -2.41. The molecule has 0 unspecified atom stereocenters.